The summed E-state index contributed by atoms with van der Waals surface area (Å²) in [6.07, 6.45) is 2.58. The van der Waals surface area contributed by atoms with Gasteiger partial charge in [-0.2, -0.15) is 5.10 Å². The molecule has 7 nitrogen and oxygen atoms in total. The van der Waals surface area contributed by atoms with Crippen LogP contribution in [-0.4, -0.2) is 26.4 Å². The maximum Gasteiger partial charge on any atom is 0.269 e. The van der Waals surface area contributed by atoms with E-state index in [1.165, 1.54) is 23.9 Å². The van der Waals surface area contributed by atoms with Gasteiger partial charge in [-0.25, -0.2) is 4.68 Å². The fourth-order valence-corrected chi connectivity index (χ4v) is 2.63. The molecule has 1 aromatic carbocycles. The maximum absolute atomic E-state index is 12.0. The standard InChI is InChI=1S/C15H18N4O3S/c1-3-11(2)18-14(8-9-16-18)17-15(20)10-23-13-6-4-12(5-7-13)19(21)22/h4-9,11H,3,10H2,1-2H3,(H,17,20). The number of nitro benzene ring substituents is 1. The zero-order chi connectivity index (χ0) is 16.8. The van der Waals surface area contributed by atoms with Crippen LogP contribution in [-0.2, 0) is 4.79 Å². The van der Waals surface area contributed by atoms with Crippen LogP contribution in [0.25, 0.3) is 0 Å². The zero-order valence-corrected chi connectivity index (χ0v) is 13.7. The van der Waals surface area contributed by atoms with Gasteiger partial charge in [0.2, 0.25) is 5.91 Å². The van der Waals surface area contributed by atoms with Crippen LogP contribution in [0.15, 0.2) is 41.4 Å². The highest BCUT2D eigenvalue weighted by Gasteiger charge is 2.12. The third kappa shape index (κ3) is 4.56. The zero-order valence-electron chi connectivity index (χ0n) is 12.9. The molecule has 0 aliphatic rings. The molecule has 0 saturated heterocycles. The van der Waals surface area contributed by atoms with Crippen LogP contribution in [0.5, 0.6) is 0 Å². The van der Waals surface area contributed by atoms with Gasteiger partial charge in [0.15, 0.2) is 0 Å². The van der Waals surface area contributed by atoms with Crippen LogP contribution >= 0.6 is 11.8 Å². The van der Waals surface area contributed by atoms with E-state index in [2.05, 4.69) is 17.3 Å². The molecule has 1 amide bonds. The number of aromatic nitrogens is 2. The minimum atomic E-state index is -0.447. The molecule has 1 atom stereocenters. The maximum atomic E-state index is 12.0. The van der Waals surface area contributed by atoms with Crippen LogP contribution in [0.1, 0.15) is 26.3 Å². The Hall–Kier alpha value is -2.35. The van der Waals surface area contributed by atoms with E-state index in [0.29, 0.717) is 5.82 Å². The third-order valence-corrected chi connectivity index (χ3v) is 4.38. The summed E-state index contributed by atoms with van der Waals surface area (Å²) in [5.41, 5.74) is 0.0382. The Morgan fingerprint density at radius 1 is 1.39 bits per heavy atom. The van der Waals surface area contributed by atoms with Crippen molar-refractivity contribution in [1.29, 1.82) is 0 Å². The topological polar surface area (TPSA) is 90.1 Å². The number of nitro groups is 1. The lowest BCUT2D eigenvalue weighted by Crippen LogP contribution is -2.18. The Bertz CT molecular complexity index is 684. The van der Waals surface area contributed by atoms with Crippen LogP contribution in [0.3, 0.4) is 0 Å². The van der Waals surface area contributed by atoms with Crippen molar-refractivity contribution in [3.63, 3.8) is 0 Å². The van der Waals surface area contributed by atoms with E-state index < -0.39 is 4.92 Å². The molecule has 0 aliphatic carbocycles. The normalized spacial score (nSPS) is 11.9. The summed E-state index contributed by atoms with van der Waals surface area (Å²) in [6, 6.07) is 8.11. The molecule has 0 bridgehead atoms. The van der Waals surface area contributed by atoms with Crippen LogP contribution in [0.4, 0.5) is 11.5 Å². The van der Waals surface area contributed by atoms with Gasteiger partial charge in [-0.3, -0.25) is 14.9 Å². The van der Waals surface area contributed by atoms with Crippen molar-refractivity contribution in [2.45, 2.75) is 31.2 Å². The number of hydrogen-bond donors (Lipinski definition) is 1. The molecular formula is C15H18N4O3S. The number of benzene rings is 1. The first kappa shape index (κ1) is 17.0. The van der Waals surface area contributed by atoms with Crippen LogP contribution < -0.4 is 5.32 Å². The fraction of sp³-hybridized carbons (Fsp3) is 0.333. The van der Waals surface area contributed by atoms with E-state index in [9.17, 15) is 14.9 Å². The molecule has 2 rings (SSSR count). The molecule has 0 spiro atoms. The van der Waals surface area contributed by atoms with Crippen molar-refractivity contribution in [2.75, 3.05) is 11.1 Å². The molecule has 1 heterocycles. The number of thioether (sulfide) groups is 1. The summed E-state index contributed by atoms with van der Waals surface area (Å²) in [6.45, 7) is 4.09. The molecule has 2 aromatic rings. The van der Waals surface area contributed by atoms with Gasteiger partial charge in [-0.1, -0.05) is 6.92 Å². The second kappa shape index (κ2) is 7.77. The van der Waals surface area contributed by atoms with Crippen molar-refractivity contribution < 1.29 is 9.72 Å². The first-order valence-corrected chi connectivity index (χ1v) is 8.20. The predicted octanol–water partition coefficient (Wildman–Crippen LogP) is 3.49. The summed E-state index contributed by atoms with van der Waals surface area (Å²) >= 11 is 1.33. The Labute approximate surface area is 138 Å². The SMILES string of the molecule is CCC(C)n1nccc1NC(=O)CSc1ccc([N+](=O)[O-])cc1. The van der Waals surface area contributed by atoms with Crippen molar-refractivity contribution in [3.05, 3.63) is 46.6 Å². The van der Waals surface area contributed by atoms with Gasteiger partial charge >= 0.3 is 0 Å². The smallest absolute Gasteiger partial charge is 0.269 e. The van der Waals surface area contributed by atoms with E-state index in [4.69, 9.17) is 0 Å². The predicted molar refractivity (Wildman–Crippen MR) is 89.7 cm³/mol. The molecule has 23 heavy (non-hydrogen) atoms. The number of hydrogen-bond acceptors (Lipinski definition) is 5. The molecule has 8 heteroatoms. The van der Waals surface area contributed by atoms with Gasteiger partial charge in [0.1, 0.15) is 5.82 Å². The van der Waals surface area contributed by atoms with Gasteiger partial charge in [-0.05, 0) is 25.5 Å². The monoisotopic (exact) mass is 334 g/mol. The Morgan fingerprint density at radius 3 is 2.70 bits per heavy atom. The number of non-ortho nitro benzene ring substituents is 1. The van der Waals surface area contributed by atoms with Crippen LogP contribution in [0, 0.1) is 10.1 Å². The Balaban J connectivity index is 1.90. The molecule has 122 valence electrons. The summed E-state index contributed by atoms with van der Waals surface area (Å²) in [7, 11) is 0. The molecule has 0 fully saturated rings. The van der Waals surface area contributed by atoms with Gasteiger partial charge in [0.25, 0.3) is 5.69 Å². The largest absolute Gasteiger partial charge is 0.310 e. The Kier molecular flexibility index (Phi) is 5.75. The number of nitrogens with zero attached hydrogens (tertiary/aromatic N) is 3. The lowest BCUT2D eigenvalue weighted by molar-refractivity contribution is -0.384. The highest BCUT2D eigenvalue weighted by atomic mass is 32.2. The van der Waals surface area contributed by atoms with Gasteiger partial charge in [-0.15, -0.1) is 11.8 Å². The highest BCUT2D eigenvalue weighted by molar-refractivity contribution is 8.00. The second-order valence-electron chi connectivity index (χ2n) is 5.01. The van der Waals surface area contributed by atoms with Crippen molar-refractivity contribution >= 4 is 29.2 Å². The summed E-state index contributed by atoms with van der Waals surface area (Å²) in [4.78, 5) is 23.0. The number of carbonyl (C=O) groups is 1. The van der Waals surface area contributed by atoms with Gasteiger partial charge in [0, 0.05) is 23.1 Å². The molecule has 1 N–H and O–H groups in total. The second-order valence-corrected chi connectivity index (χ2v) is 6.05. The van der Waals surface area contributed by atoms with E-state index in [1.807, 2.05) is 6.92 Å². The summed E-state index contributed by atoms with van der Waals surface area (Å²) < 4.78 is 1.79. The van der Waals surface area contributed by atoms with Crippen LogP contribution in [0.2, 0.25) is 0 Å². The third-order valence-electron chi connectivity index (χ3n) is 3.36. The average Bonchev–Trinajstić information content (AvgIpc) is 3.00. The van der Waals surface area contributed by atoms with Crippen molar-refractivity contribution in [1.82, 2.24) is 9.78 Å². The quantitative estimate of drug-likeness (QED) is 0.475. The minimum absolute atomic E-state index is 0.0382. The van der Waals surface area contributed by atoms with E-state index >= 15 is 0 Å². The molecular weight excluding hydrogens is 316 g/mol. The number of rotatable bonds is 7. The highest BCUT2D eigenvalue weighted by Crippen LogP contribution is 2.22. The summed E-state index contributed by atoms with van der Waals surface area (Å²) in [5.74, 6) is 0.760. The average molecular weight is 334 g/mol. The van der Waals surface area contributed by atoms with Gasteiger partial charge < -0.3 is 5.32 Å². The first-order valence-electron chi connectivity index (χ1n) is 7.22. The van der Waals surface area contributed by atoms with E-state index in [0.717, 1.165) is 11.3 Å². The lowest BCUT2D eigenvalue weighted by atomic mass is 10.3. The number of anilines is 1. The molecule has 1 unspecified atom stereocenters. The number of nitrogens with one attached hydrogen (secondary N) is 1. The molecule has 0 radical (unpaired) electrons. The number of carbonyl (C=O) groups excluding carboxylic acids is 1. The fourth-order valence-electron chi connectivity index (χ4n) is 1.93. The first-order chi connectivity index (χ1) is 11.0. The number of amides is 1. The minimum Gasteiger partial charge on any atom is -0.310 e. The molecule has 0 saturated carbocycles. The van der Waals surface area contributed by atoms with Gasteiger partial charge in [0.05, 0.1) is 22.9 Å². The Morgan fingerprint density at radius 2 is 2.09 bits per heavy atom. The molecule has 1 aromatic heterocycles. The molecule has 0 aliphatic heterocycles. The van der Waals surface area contributed by atoms with Crippen molar-refractivity contribution in [2.24, 2.45) is 0 Å². The summed E-state index contributed by atoms with van der Waals surface area (Å²) in [5, 5.41) is 17.6. The lowest BCUT2D eigenvalue weighted by Gasteiger charge is -2.14. The van der Waals surface area contributed by atoms with E-state index in [-0.39, 0.29) is 23.4 Å². The van der Waals surface area contributed by atoms with E-state index in [1.54, 1.807) is 29.1 Å². The van der Waals surface area contributed by atoms with Crippen molar-refractivity contribution in [3.8, 4) is 0 Å².